The Hall–Kier alpha value is -3.41. The van der Waals surface area contributed by atoms with E-state index in [2.05, 4.69) is 20.9 Å². The number of aliphatic hydroxyl groups is 1. The maximum Gasteiger partial charge on any atom is 0.251 e. The van der Waals surface area contributed by atoms with E-state index in [1.54, 1.807) is 25.1 Å². The Morgan fingerprint density at radius 2 is 1.86 bits per heavy atom. The fourth-order valence-electron chi connectivity index (χ4n) is 3.49. The predicted molar refractivity (Wildman–Crippen MR) is 136 cm³/mol. The summed E-state index contributed by atoms with van der Waals surface area (Å²) < 4.78 is 29.7. The van der Waals surface area contributed by atoms with Crippen LogP contribution in [0.3, 0.4) is 0 Å². The summed E-state index contributed by atoms with van der Waals surface area (Å²) in [6, 6.07) is 8.72. The van der Waals surface area contributed by atoms with E-state index in [1.807, 2.05) is 13.8 Å². The third kappa shape index (κ3) is 6.84. The number of hydrogen-bond acceptors (Lipinski definition) is 7. The van der Waals surface area contributed by atoms with Crippen LogP contribution in [-0.2, 0) is 11.3 Å². The number of nitrogens with two attached hydrogens (primary N) is 1. The minimum Gasteiger partial charge on any atom is -0.388 e. The van der Waals surface area contributed by atoms with Gasteiger partial charge in [0, 0.05) is 17.5 Å². The molecule has 0 aliphatic carbocycles. The van der Waals surface area contributed by atoms with Crippen LogP contribution in [0.4, 0.5) is 19.6 Å². The second-order valence-corrected chi connectivity index (χ2v) is 9.52. The highest BCUT2D eigenvalue weighted by Crippen LogP contribution is 2.39. The molecule has 6 N–H and O–H groups in total. The number of nitrogens with one attached hydrogen (secondary N) is 3. The number of pyridine rings is 1. The number of amides is 2. The summed E-state index contributed by atoms with van der Waals surface area (Å²) in [5.41, 5.74) is 6.03. The Bertz CT molecular complexity index is 1230. The quantitative estimate of drug-likeness (QED) is 0.262. The van der Waals surface area contributed by atoms with Gasteiger partial charge in [-0.15, -0.1) is 11.3 Å². The van der Waals surface area contributed by atoms with Crippen LogP contribution < -0.4 is 21.7 Å². The summed E-state index contributed by atoms with van der Waals surface area (Å²) in [5.74, 6) is -2.22. The second kappa shape index (κ2) is 12.0. The topological polar surface area (TPSA) is 129 Å². The molecule has 0 spiro atoms. The summed E-state index contributed by atoms with van der Waals surface area (Å²) in [5, 5.41) is 19.0. The van der Waals surface area contributed by atoms with E-state index in [1.165, 1.54) is 6.07 Å². The van der Waals surface area contributed by atoms with Crippen LogP contribution >= 0.6 is 11.3 Å². The summed E-state index contributed by atoms with van der Waals surface area (Å²) in [4.78, 5) is 28.4. The molecule has 0 radical (unpaired) electrons. The fraction of sp³-hybridized carbons (Fsp3) is 0.320. The van der Waals surface area contributed by atoms with E-state index >= 15 is 0 Å². The zero-order valence-corrected chi connectivity index (χ0v) is 21.0. The predicted octanol–water partition coefficient (Wildman–Crippen LogP) is 3.99. The zero-order valence-electron chi connectivity index (χ0n) is 20.2. The molecular weight excluding hydrogens is 488 g/mol. The molecule has 1 aromatic carbocycles. The second-order valence-electron chi connectivity index (χ2n) is 8.47. The van der Waals surface area contributed by atoms with Gasteiger partial charge in [0.15, 0.2) is 0 Å². The highest BCUT2D eigenvalue weighted by Gasteiger charge is 2.22. The van der Waals surface area contributed by atoms with Crippen molar-refractivity contribution in [2.45, 2.75) is 45.9 Å². The molecule has 3 aromatic rings. The molecule has 36 heavy (non-hydrogen) atoms. The van der Waals surface area contributed by atoms with Gasteiger partial charge in [0.1, 0.15) is 22.5 Å². The third-order valence-electron chi connectivity index (χ3n) is 5.17. The van der Waals surface area contributed by atoms with Crippen LogP contribution in [0.15, 0.2) is 36.4 Å². The Morgan fingerprint density at radius 1 is 1.17 bits per heavy atom. The van der Waals surface area contributed by atoms with Crippen molar-refractivity contribution < 1.29 is 23.5 Å². The lowest BCUT2D eigenvalue weighted by Gasteiger charge is -2.11. The van der Waals surface area contributed by atoms with E-state index in [4.69, 9.17) is 5.73 Å². The molecule has 0 fully saturated rings. The number of benzene rings is 1. The summed E-state index contributed by atoms with van der Waals surface area (Å²) in [7, 11) is 0. The maximum atomic E-state index is 14.8. The number of carbonyl (C=O) groups is 2. The molecule has 0 bridgehead atoms. The van der Waals surface area contributed by atoms with Gasteiger partial charge in [-0.1, -0.05) is 13.0 Å². The number of nitrogens with zero attached hydrogens (tertiary/aromatic N) is 1. The van der Waals surface area contributed by atoms with Crippen LogP contribution in [0, 0.1) is 11.6 Å². The third-order valence-corrected chi connectivity index (χ3v) is 6.24. The number of rotatable bonds is 11. The normalized spacial score (nSPS) is 12.0. The molecule has 11 heteroatoms. The SMILES string of the molecule is CCC(O)c1cc(F)c(-c2cc(C(N)=O)c(Nc3cccc(CNCC(=O)NC(C)C)n3)s2)c(F)c1. The monoisotopic (exact) mass is 517 g/mol. The minimum atomic E-state index is -0.984. The maximum absolute atomic E-state index is 14.8. The van der Waals surface area contributed by atoms with Gasteiger partial charge in [-0.3, -0.25) is 9.59 Å². The van der Waals surface area contributed by atoms with Crippen LogP contribution in [-0.4, -0.2) is 34.5 Å². The Morgan fingerprint density at radius 3 is 2.47 bits per heavy atom. The van der Waals surface area contributed by atoms with Gasteiger partial charge in [0.05, 0.1) is 29.5 Å². The van der Waals surface area contributed by atoms with Gasteiger partial charge < -0.3 is 26.8 Å². The molecule has 3 rings (SSSR count). The van der Waals surface area contributed by atoms with E-state index < -0.39 is 23.6 Å². The number of halogens is 2. The first kappa shape index (κ1) is 27.2. The molecule has 0 saturated carbocycles. The molecule has 192 valence electrons. The number of anilines is 2. The first-order valence-electron chi connectivity index (χ1n) is 11.4. The van der Waals surface area contributed by atoms with Gasteiger partial charge in [0.25, 0.3) is 5.91 Å². The van der Waals surface area contributed by atoms with Crippen molar-refractivity contribution in [1.82, 2.24) is 15.6 Å². The Kier molecular flexibility index (Phi) is 9.08. The first-order chi connectivity index (χ1) is 17.1. The Balaban J connectivity index is 1.82. The lowest BCUT2D eigenvalue weighted by molar-refractivity contribution is -0.120. The van der Waals surface area contributed by atoms with E-state index in [0.29, 0.717) is 24.5 Å². The molecule has 2 amide bonds. The molecule has 1 atom stereocenters. The number of primary amides is 1. The summed E-state index contributed by atoms with van der Waals surface area (Å²) >= 11 is 0.954. The molecule has 0 saturated heterocycles. The van der Waals surface area contributed by atoms with Gasteiger partial charge in [-0.2, -0.15) is 0 Å². The standard InChI is InChI=1S/C25H29F2N5O3S/c1-4-19(33)14-8-17(26)23(18(27)9-14)20-10-16(24(28)35)25(36-20)32-21-7-5-6-15(31-21)11-29-12-22(34)30-13(2)3/h5-10,13,19,29,33H,4,11-12H2,1-3H3,(H2,28,35)(H,30,34)(H,31,32). The van der Waals surface area contributed by atoms with Crippen molar-refractivity contribution in [2.75, 3.05) is 11.9 Å². The van der Waals surface area contributed by atoms with Crippen molar-refractivity contribution in [1.29, 1.82) is 0 Å². The molecule has 8 nitrogen and oxygen atoms in total. The molecular formula is C25H29F2N5O3S. The van der Waals surface area contributed by atoms with Crippen LogP contribution in [0.25, 0.3) is 10.4 Å². The average molecular weight is 518 g/mol. The van der Waals surface area contributed by atoms with E-state index in [0.717, 1.165) is 23.5 Å². The van der Waals surface area contributed by atoms with Crippen molar-refractivity contribution in [3.8, 4) is 10.4 Å². The summed E-state index contributed by atoms with van der Waals surface area (Å²) in [6.07, 6.45) is -0.675. The molecule has 1 unspecified atom stereocenters. The van der Waals surface area contributed by atoms with Crippen molar-refractivity contribution >= 4 is 34.0 Å². The van der Waals surface area contributed by atoms with Crippen LogP contribution in [0.2, 0.25) is 0 Å². The first-order valence-corrected chi connectivity index (χ1v) is 12.2. The van der Waals surface area contributed by atoms with Gasteiger partial charge >= 0.3 is 0 Å². The molecule has 2 aromatic heterocycles. The zero-order chi connectivity index (χ0) is 26.4. The van der Waals surface area contributed by atoms with Crippen molar-refractivity contribution in [3.05, 3.63) is 64.9 Å². The van der Waals surface area contributed by atoms with E-state index in [-0.39, 0.29) is 45.1 Å². The minimum absolute atomic E-state index is 0.0444. The van der Waals surface area contributed by atoms with E-state index in [9.17, 15) is 23.5 Å². The largest absolute Gasteiger partial charge is 0.388 e. The van der Waals surface area contributed by atoms with Crippen molar-refractivity contribution in [3.63, 3.8) is 0 Å². The van der Waals surface area contributed by atoms with Crippen molar-refractivity contribution in [2.24, 2.45) is 5.73 Å². The van der Waals surface area contributed by atoms with Crippen LogP contribution in [0.5, 0.6) is 0 Å². The van der Waals surface area contributed by atoms with Crippen LogP contribution in [0.1, 0.15) is 54.9 Å². The number of hydrogen-bond donors (Lipinski definition) is 5. The average Bonchev–Trinajstić information content (AvgIpc) is 3.21. The smallest absolute Gasteiger partial charge is 0.251 e. The number of carbonyl (C=O) groups excluding carboxylic acids is 2. The number of aromatic nitrogens is 1. The highest BCUT2D eigenvalue weighted by atomic mass is 32.1. The lowest BCUT2D eigenvalue weighted by atomic mass is 10.0. The number of thiophene rings is 1. The fourth-order valence-corrected chi connectivity index (χ4v) is 4.61. The molecule has 0 aliphatic rings. The lowest BCUT2D eigenvalue weighted by Crippen LogP contribution is -2.37. The van der Waals surface area contributed by atoms with Gasteiger partial charge in [-0.25, -0.2) is 13.8 Å². The summed E-state index contributed by atoms with van der Waals surface area (Å²) in [6.45, 7) is 5.90. The van der Waals surface area contributed by atoms with Gasteiger partial charge in [0.2, 0.25) is 5.91 Å². The molecule has 2 heterocycles. The van der Waals surface area contributed by atoms with Gasteiger partial charge in [-0.05, 0) is 56.2 Å². The Labute approximate surface area is 211 Å². The number of aliphatic hydroxyl groups excluding tert-OH is 1. The highest BCUT2D eigenvalue weighted by molar-refractivity contribution is 7.20. The molecule has 0 aliphatic heterocycles.